The SMILES string of the molecule is Nc1c(Br)c([C@H]2CC[C@H](C(=O)O)CC2)nc2c(-c3cnc4occc4c3)cnn12. The van der Waals surface area contributed by atoms with Crippen LogP contribution in [-0.2, 0) is 4.79 Å². The molecule has 0 radical (unpaired) electrons. The van der Waals surface area contributed by atoms with Gasteiger partial charge < -0.3 is 15.3 Å². The van der Waals surface area contributed by atoms with Gasteiger partial charge in [0, 0.05) is 28.6 Å². The van der Waals surface area contributed by atoms with Crippen molar-refractivity contribution in [3.8, 4) is 11.1 Å². The first-order valence-electron chi connectivity index (χ1n) is 9.42. The first-order chi connectivity index (χ1) is 14.0. The van der Waals surface area contributed by atoms with E-state index in [-0.39, 0.29) is 11.8 Å². The molecule has 0 amide bonds. The Labute approximate surface area is 173 Å². The molecular formula is C20H18BrN5O3. The number of nitrogens with zero attached hydrogens (tertiary/aromatic N) is 4. The highest BCUT2D eigenvalue weighted by Crippen LogP contribution is 2.40. The molecule has 1 fully saturated rings. The molecule has 0 spiro atoms. The fourth-order valence-electron chi connectivity index (χ4n) is 4.11. The second kappa shape index (κ2) is 6.84. The highest BCUT2D eigenvalue weighted by atomic mass is 79.9. The van der Waals surface area contributed by atoms with Crippen LogP contribution in [0.4, 0.5) is 5.82 Å². The number of aliphatic carboxylic acids is 1. The van der Waals surface area contributed by atoms with Crippen LogP contribution in [0.2, 0.25) is 0 Å². The molecule has 1 aliphatic carbocycles. The Balaban J connectivity index is 1.59. The third-order valence-corrected chi connectivity index (χ3v) is 6.54. The summed E-state index contributed by atoms with van der Waals surface area (Å²) in [4.78, 5) is 20.5. The molecule has 4 aromatic heterocycles. The summed E-state index contributed by atoms with van der Waals surface area (Å²) in [5.41, 5.74) is 10.2. The number of carbonyl (C=O) groups is 1. The monoisotopic (exact) mass is 455 g/mol. The first kappa shape index (κ1) is 18.1. The lowest BCUT2D eigenvalue weighted by molar-refractivity contribution is -0.142. The molecule has 1 saturated carbocycles. The minimum Gasteiger partial charge on any atom is -0.481 e. The summed E-state index contributed by atoms with van der Waals surface area (Å²) in [7, 11) is 0. The molecule has 0 unspecified atom stereocenters. The predicted octanol–water partition coefficient (Wildman–Crippen LogP) is 4.24. The molecule has 9 heteroatoms. The van der Waals surface area contributed by atoms with Crippen LogP contribution in [0, 0.1) is 5.92 Å². The standard InChI is InChI=1S/C20H18BrN5O3/c21-15-16(10-1-3-11(4-2-10)20(27)28)25-18-14(9-24-26(18)17(15)22)13-7-12-5-6-29-19(12)23-8-13/h5-11H,1-4,22H2,(H,27,28)/t10-,11-. The van der Waals surface area contributed by atoms with Gasteiger partial charge >= 0.3 is 5.97 Å². The van der Waals surface area contributed by atoms with Crippen molar-refractivity contribution in [1.82, 2.24) is 19.6 Å². The summed E-state index contributed by atoms with van der Waals surface area (Å²) < 4.78 is 7.66. The number of anilines is 1. The number of halogens is 1. The molecule has 0 saturated heterocycles. The maximum absolute atomic E-state index is 11.3. The Bertz CT molecular complexity index is 1240. The van der Waals surface area contributed by atoms with Crippen LogP contribution in [0.1, 0.15) is 37.3 Å². The third-order valence-electron chi connectivity index (χ3n) is 5.73. The first-order valence-corrected chi connectivity index (χ1v) is 10.2. The average Bonchev–Trinajstić information content (AvgIpc) is 3.37. The lowest BCUT2D eigenvalue weighted by atomic mass is 9.80. The number of aromatic nitrogens is 4. The molecule has 0 bridgehead atoms. The van der Waals surface area contributed by atoms with Crippen molar-refractivity contribution in [3.63, 3.8) is 0 Å². The third kappa shape index (κ3) is 2.96. The molecule has 0 aromatic carbocycles. The molecule has 8 nitrogen and oxygen atoms in total. The van der Waals surface area contributed by atoms with Crippen LogP contribution < -0.4 is 5.73 Å². The van der Waals surface area contributed by atoms with E-state index in [0.717, 1.165) is 39.5 Å². The number of hydrogen-bond donors (Lipinski definition) is 2. The Morgan fingerprint density at radius 2 is 2.07 bits per heavy atom. The molecule has 0 atom stereocenters. The van der Waals surface area contributed by atoms with Crippen LogP contribution in [0.15, 0.2) is 39.7 Å². The second-order valence-corrected chi connectivity index (χ2v) is 8.21. The van der Waals surface area contributed by atoms with Gasteiger partial charge in [0.1, 0.15) is 5.82 Å². The van der Waals surface area contributed by atoms with Crippen molar-refractivity contribution in [2.45, 2.75) is 31.6 Å². The lowest BCUT2D eigenvalue weighted by Crippen LogP contribution is -2.21. The summed E-state index contributed by atoms with van der Waals surface area (Å²) >= 11 is 3.58. The van der Waals surface area contributed by atoms with E-state index in [0.29, 0.717) is 30.0 Å². The quantitative estimate of drug-likeness (QED) is 0.473. The van der Waals surface area contributed by atoms with Crippen molar-refractivity contribution < 1.29 is 14.3 Å². The molecule has 148 valence electrons. The summed E-state index contributed by atoms with van der Waals surface area (Å²) in [6.07, 6.45) is 7.91. The van der Waals surface area contributed by atoms with Gasteiger partial charge in [-0.2, -0.15) is 9.61 Å². The molecule has 4 aromatic rings. The fraction of sp³-hybridized carbons (Fsp3) is 0.300. The van der Waals surface area contributed by atoms with Gasteiger partial charge in [-0.05, 0) is 53.7 Å². The second-order valence-electron chi connectivity index (χ2n) is 7.42. The highest BCUT2D eigenvalue weighted by molar-refractivity contribution is 9.10. The van der Waals surface area contributed by atoms with Gasteiger partial charge in [-0.3, -0.25) is 4.79 Å². The predicted molar refractivity (Wildman–Crippen MR) is 110 cm³/mol. The van der Waals surface area contributed by atoms with E-state index in [1.807, 2.05) is 12.1 Å². The largest absolute Gasteiger partial charge is 0.481 e. The Morgan fingerprint density at radius 3 is 2.83 bits per heavy atom. The zero-order chi connectivity index (χ0) is 20.1. The van der Waals surface area contributed by atoms with E-state index in [4.69, 9.17) is 15.1 Å². The van der Waals surface area contributed by atoms with Gasteiger partial charge in [0.2, 0.25) is 5.71 Å². The molecule has 0 aliphatic heterocycles. The number of pyridine rings is 1. The van der Waals surface area contributed by atoms with E-state index in [1.165, 1.54) is 0 Å². The van der Waals surface area contributed by atoms with Crippen LogP contribution in [0.25, 0.3) is 27.9 Å². The normalized spacial score (nSPS) is 19.8. The average molecular weight is 456 g/mol. The van der Waals surface area contributed by atoms with Gasteiger partial charge in [-0.25, -0.2) is 9.97 Å². The number of carboxylic acids is 1. The Morgan fingerprint density at radius 1 is 1.28 bits per heavy atom. The van der Waals surface area contributed by atoms with E-state index in [1.54, 1.807) is 23.2 Å². The molecule has 3 N–H and O–H groups in total. The smallest absolute Gasteiger partial charge is 0.306 e. The maximum atomic E-state index is 11.3. The number of nitrogens with two attached hydrogens (primary N) is 1. The van der Waals surface area contributed by atoms with E-state index >= 15 is 0 Å². The van der Waals surface area contributed by atoms with Gasteiger partial charge in [0.25, 0.3) is 0 Å². The minimum atomic E-state index is -0.717. The van der Waals surface area contributed by atoms with Crippen molar-refractivity contribution in [2.75, 3.05) is 5.73 Å². The lowest BCUT2D eigenvalue weighted by Gasteiger charge is -2.26. The van der Waals surface area contributed by atoms with E-state index < -0.39 is 5.97 Å². The van der Waals surface area contributed by atoms with Crippen LogP contribution in [0.5, 0.6) is 0 Å². The van der Waals surface area contributed by atoms with Gasteiger partial charge in [-0.15, -0.1) is 0 Å². The van der Waals surface area contributed by atoms with E-state index in [2.05, 4.69) is 26.0 Å². The highest BCUT2D eigenvalue weighted by Gasteiger charge is 2.30. The number of rotatable bonds is 3. The molecule has 1 aliphatic rings. The van der Waals surface area contributed by atoms with Crippen LogP contribution >= 0.6 is 15.9 Å². The van der Waals surface area contributed by atoms with Crippen molar-refractivity contribution >= 4 is 44.5 Å². The van der Waals surface area contributed by atoms with Crippen molar-refractivity contribution in [2.24, 2.45) is 5.92 Å². The zero-order valence-corrected chi connectivity index (χ0v) is 17.0. The molecule has 5 rings (SSSR count). The van der Waals surface area contributed by atoms with Crippen LogP contribution in [0.3, 0.4) is 0 Å². The summed E-state index contributed by atoms with van der Waals surface area (Å²) in [6, 6.07) is 3.85. The molecule has 29 heavy (non-hydrogen) atoms. The molecular weight excluding hydrogens is 438 g/mol. The summed E-state index contributed by atoms with van der Waals surface area (Å²) in [5, 5.41) is 14.6. The zero-order valence-electron chi connectivity index (χ0n) is 15.4. The van der Waals surface area contributed by atoms with Crippen LogP contribution in [-0.4, -0.2) is 30.7 Å². The molecule has 4 heterocycles. The minimum absolute atomic E-state index is 0.157. The van der Waals surface area contributed by atoms with Crippen molar-refractivity contribution in [3.05, 3.63) is 41.0 Å². The number of carboxylic acid groups (broad SMARTS) is 1. The summed E-state index contributed by atoms with van der Waals surface area (Å²) in [6.45, 7) is 0. The van der Waals surface area contributed by atoms with E-state index in [9.17, 15) is 9.90 Å². The number of furan rings is 1. The Kier molecular flexibility index (Phi) is 4.27. The maximum Gasteiger partial charge on any atom is 0.306 e. The number of fused-ring (bicyclic) bond motifs is 2. The van der Waals surface area contributed by atoms with Gasteiger partial charge in [0.05, 0.1) is 28.5 Å². The number of nitrogen functional groups attached to an aromatic ring is 1. The fourth-order valence-corrected chi connectivity index (χ4v) is 4.69. The summed E-state index contributed by atoms with van der Waals surface area (Å²) in [5.74, 6) is -0.353. The van der Waals surface area contributed by atoms with Gasteiger partial charge in [0.15, 0.2) is 5.65 Å². The van der Waals surface area contributed by atoms with Crippen molar-refractivity contribution in [1.29, 1.82) is 0 Å². The Hall–Kier alpha value is -2.94. The topological polar surface area (TPSA) is 120 Å². The van der Waals surface area contributed by atoms with Gasteiger partial charge in [-0.1, -0.05) is 0 Å². The number of hydrogen-bond acceptors (Lipinski definition) is 6.